The van der Waals surface area contributed by atoms with Crippen LogP contribution in [0.3, 0.4) is 0 Å². The van der Waals surface area contributed by atoms with Crippen LogP contribution < -0.4 is 5.73 Å². The topological polar surface area (TPSA) is 29.3 Å². The van der Waals surface area contributed by atoms with Crippen molar-refractivity contribution >= 4 is 22.9 Å². The summed E-state index contributed by atoms with van der Waals surface area (Å²) in [6.45, 7) is 9.09. The number of thiophene rings is 1. The molecule has 1 fully saturated rings. The molecule has 0 aliphatic carbocycles. The summed E-state index contributed by atoms with van der Waals surface area (Å²) in [4.78, 5) is 3.86. The quantitative estimate of drug-likeness (QED) is 0.905. The Kier molecular flexibility index (Phi) is 5.29. The monoisotopic (exact) mass is 300 g/mol. The molecule has 2 heterocycles. The number of hydrogen-bond donors (Lipinski definition) is 1. The van der Waals surface area contributed by atoms with Gasteiger partial charge in [0, 0.05) is 10.9 Å². The summed E-state index contributed by atoms with van der Waals surface area (Å²) in [5.74, 6) is 1.67. The Labute approximate surface area is 125 Å². The highest BCUT2D eigenvalue weighted by molar-refractivity contribution is 7.16. The van der Waals surface area contributed by atoms with Crippen LogP contribution in [0.25, 0.3) is 0 Å². The molecule has 0 spiro atoms. The molecule has 108 valence electrons. The van der Waals surface area contributed by atoms with Crippen LogP contribution in [-0.4, -0.2) is 24.0 Å². The summed E-state index contributed by atoms with van der Waals surface area (Å²) in [6, 6.07) is 4.59. The van der Waals surface area contributed by atoms with E-state index in [9.17, 15) is 0 Å². The Morgan fingerprint density at radius 3 is 2.32 bits per heavy atom. The Bertz CT molecular complexity index is 395. The predicted molar refractivity (Wildman–Crippen MR) is 84.9 cm³/mol. The van der Waals surface area contributed by atoms with Gasteiger partial charge in [-0.1, -0.05) is 25.4 Å². The van der Waals surface area contributed by atoms with Gasteiger partial charge in [0.1, 0.15) is 0 Å². The Hall–Kier alpha value is -0.0900. The van der Waals surface area contributed by atoms with E-state index in [-0.39, 0.29) is 6.04 Å². The Morgan fingerprint density at radius 1 is 1.26 bits per heavy atom. The van der Waals surface area contributed by atoms with Crippen molar-refractivity contribution in [1.82, 2.24) is 4.90 Å². The number of nitrogens with zero attached hydrogens (tertiary/aromatic N) is 1. The third-order valence-electron chi connectivity index (χ3n) is 4.29. The fraction of sp³-hybridized carbons (Fsp3) is 0.733. The minimum absolute atomic E-state index is 0.144. The van der Waals surface area contributed by atoms with Crippen LogP contribution in [0.15, 0.2) is 12.1 Å². The molecule has 1 aliphatic rings. The normalized spacial score (nSPS) is 21.8. The van der Waals surface area contributed by atoms with Crippen LogP contribution in [0.5, 0.6) is 0 Å². The lowest BCUT2D eigenvalue weighted by Gasteiger charge is -2.40. The molecule has 0 aromatic carbocycles. The van der Waals surface area contributed by atoms with Gasteiger partial charge in [-0.15, -0.1) is 11.3 Å². The smallest absolute Gasteiger partial charge is 0.0931 e. The van der Waals surface area contributed by atoms with Crippen LogP contribution in [0.4, 0.5) is 0 Å². The second-order valence-corrected chi connectivity index (χ2v) is 7.81. The van der Waals surface area contributed by atoms with Gasteiger partial charge in [-0.05, 0) is 56.8 Å². The maximum absolute atomic E-state index is 6.23. The van der Waals surface area contributed by atoms with E-state index in [2.05, 4.69) is 31.7 Å². The second kappa shape index (κ2) is 6.57. The van der Waals surface area contributed by atoms with Crippen molar-refractivity contribution in [3.8, 4) is 0 Å². The molecule has 0 radical (unpaired) electrons. The number of halogens is 1. The molecular formula is C15H25ClN2S. The molecule has 0 bridgehead atoms. The van der Waals surface area contributed by atoms with Crippen molar-refractivity contribution < 1.29 is 0 Å². The molecule has 4 heteroatoms. The van der Waals surface area contributed by atoms with E-state index < -0.39 is 0 Å². The van der Waals surface area contributed by atoms with Crippen molar-refractivity contribution in [3.05, 3.63) is 21.3 Å². The fourth-order valence-corrected chi connectivity index (χ4v) is 4.44. The first-order chi connectivity index (χ1) is 8.99. The molecule has 2 nitrogen and oxygen atoms in total. The summed E-state index contributed by atoms with van der Waals surface area (Å²) >= 11 is 7.74. The number of nitrogens with two attached hydrogens (primary N) is 1. The van der Waals surface area contributed by atoms with Crippen molar-refractivity contribution in [2.75, 3.05) is 13.1 Å². The molecule has 2 rings (SSSR count). The van der Waals surface area contributed by atoms with Gasteiger partial charge >= 0.3 is 0 Å². The molecule has 1 aliphatic heterocycles. The molecular weight excluding hydrogens is 276 g/mol. The molecule has 1 aromatic heterocycles. The number of rotatable bonds is 4. The molecule has 1 saturated heterocycles. The highest BCUT2D eigenvalue weighted by Crippen LogP contribution is 2.35. The maximum Gasteiger partial charge on any atom is 0.0931 e. The van der Waals surface area contributed by atoms with Gasteiger partial charge in [0.05, 0.1) is 10.4 Å². The minimum atomic E-state index is 0.144. The van der Waals surface area contributed by atoms with E-state index in [4.69, 9.17) is 17.3 Å². The summed E-state index contributed by atoms with van der Waals surface area (Å²) in [5.41, 5.74) is 6.23. The summed E-state index contributed by atoms with van der Waals surface area (Å²) in [6.07, 6.45) is 2.58. The first-order valence-electron chi connectivity index (χ1n) is 7.24. The fourth-order valence-electron chi connectivity index (χ4n) is 3.12. The molecule has 19 heavy (non-hydrogen) atoms. The van der Waals surface area contributed by atoms with Gasteiger partial charge in [-0.25, -0.2) is 0 Å². The lowest BCUT2D eigenvalue weighted by atomic mass is 9.86. The molecule has 0 saturated carbocycles. The average Bonchev–Trinajstić information content (AvgIpc) is 2.76. The lowest BCUT2D eigenvalue weighted by Crippen LogP contribution is -2.44. The molecule has 0 amide bonds. The van der Waals surface area contributed by atoms with Gasteiger partial charge < -0.3 is 5.73 Å². The summed E-state index contributed by atoms with van der Waals surface area (Å²) in [5, 5.41) is 0. The number of hydrogen-bond acceptors (Lipinski definition) is 3. The maximum atomic E-state index is 6.23. The third kappa shape index (κ3) is 3.72. The van der Waals surface area contributed by atoms with Crippen molar-refractivity contribution in [1.29, 1.82) is 0 Å². The molecule has 2 unspecified atom stereocenters. The van der Waals surface area contributed by atoms with Crippen molar-refractivity contribution in [2.24, 2.45) is 17.6 Å². The zero-order valence-corrected chi connectivity index (χ0v) is 13.7. The first-order valence-corrected chi connectivity index (χ1v) is 8.43. The zero-order chi connectivity index (χ0) is 14.0. The average molecular weight is 301 g/mol. The highest BCUT2D eigenvalue weighted by atomic mass is 35.5. The predicted octanol–water partition coefficient (Wildman–Crippen LogP) is 4.16. The number of piperidine rings is 1. The van der Waals surface area contributed by atoms with E-state index in [0.717, 1.165) is 29.3 Å². The van der Waals surface area contributed by atoms with Crippen molar-refractivity contribution in [3.63, 3.8) is 0 Å². The Balaban J connectivity index is 2.05. The number of likely N-dealkylation sites (tertiary alicyclic amines) is 1. The van der Waals surface area contributed by atoms with E-state index >= 15 is 0 Å². The van der Waals surface area contributed by atoms with Gasteiger partial charge in [0.15, 0.2) is 0 Å². The van der Waals surface area contributed by atoms with Crippen LogP contribution in [0.1, 0.15) is 44.5 Å². The largest absolute Gasteiger partial charge is 0.326 e. The highest BCUT2D eigenvalue weighted by Gasteiger charge is 2.30. The summed E-state index contributed by atoms with van der Waals surface area (Å²) in [7, 11) is 0. The molecule has 2 atom stereocenters. The second-order valence-electron chi connectivity index (χ2n) is 6.06. The van der Waals surface area contributed by atoms with Crippen molar-refractivity contribution in [2.45, 2.75) is 45.7 Å². The van der Waals surface area contributed by atoms with E-state index in [1.165, 1.54) is 17.7 Å². The zero-order valence-electron chi connectivity index (χ0n) is 12.1. The minimum Gasteiger partial charge on any atom is -0.326 e. The summed E-state index contributed by atoms with van der Waals surface area (Å²) < 4.78 is 0.859. The van der Waals surface area contributed by atoms with Gasteiger partial charge in [0.25, 0.3) is 0 Å². The van der Waals surface area contributed by atoms with Crippen LogP contribution in [0, 0.1) is 11.8 Å². The van der Waals surface area contributed by atoms with Crippen LogP contribution in [-0.2, 0) is 0 Å². The molecule has 2 N–H and O–H groups in total. The van der Waals surface area contributed by atoms with E-state index in [0.29, 0.717) is 6.04 Å². The third-order valence-corrected chi connectivity index (χ3v) is 5.60. The van der Waals surface area contributed by atoms with Crippen LogP contribution in [0.2, 0.25) is 4.34 Å². The lowest BCUT2D eigenvalue weighted by molar-refractivity contribution is 0.105. The van der Waals surface area contributed by atoms with E-state index in [1.54, 1.807) is 11.3 Å². The van der Waals surface area contributed by atoms with Gasteiger partial charge in [0.2, 0.25) is 0 Å². The van der Waals surface area contributed by atoms with E-state index in [1.807, 2.05) is 6.07 Å². The van der Waals surface area contributed by atoms with Crippen LogP contribution >= 0.6 is 22.9 Å². The SMILES string of the molecule is CC(C)C1CCN(C(c2ccc(Cl)s2)C(C)N)CC1. The first kappa shape index (κ1) is 15.3. The standard InChI is InChI=1S/C15H25ClN2S/c1-10(2)12-6-8-18(9-7-12)15(11(3)17)13-4-5-14(16)19-13/h4-5,10-12,15H,6-9,17H2,1-3H3. The van der Waals surface area contributed by atoms with Gasteiger partial charge in [-0.3, -0.25) is 4.90 Å². The Morgan fingerprint density at radius 2 is 1.89 bits per heavy atom. The molecule has 1 aromatic rings. The van der Waals surface area contributed by atoms with Gasteiger partial charge in [-0.2, -0.15) is 0 Å².